The van der Waals surface area contributed by atoms with Gasteiger partial charge in [-0.1, -0.05) is 36.4 Å². The van der Waals surface area contributed by atoms with Gasteiger partial charge in [0.1, 0.15) is 17.4 Å². The summed E-state index contributed by atoms with van der Waals surface area (Å²) >= 11 is 0. The van der Waals surface area contributed by atoms with Crippen molar-refractivity contribution in [1.82, 2.24) is 0 Å². The van der Waals surface area contributed by atoms with Gasteiger partial charge < -0.3 is 15.2 Å². The molecule has 0 unspecified atom stereocenters. The molecule has 0 saturated heterocycles. The van der Waals surface area contributed by atoms with Crippen LogP contribution in [0.15, 0.2) is 60.7 Å². The van der Waals surface area contributed by atoms with Crippen molar-refractivity contribution in [1.29, 1.82) is 5.26 Å². The number of ether oxygens (including phenoxy) is 1. The Bertz CT molecular complexity index is 1070. The number of rotatable bonds is 4. The molecule has 0 bridgehead atoms. The minimum absolute atomic E-state index is 0.0224. The van der Waals surface area contributed by atoms with Crippen molar-refractivity contribution in [2.45, 2.75) is 13.0 Å². The van der Waals surface area contributed by atoms with Crippen LogP contribution in [0.3, 0.4) is 0 Å². The van der Waals surface area contributed by atoms with Gasteiger partial charge in [0.05, 0.1) is 11.3 Å². The Hall–Kier alpha value is -3.85. The first-order valence-corrected chi connectivity index (χ1v) is 8.22. The number of hydrogen-bond acceptors (Lipinski definition) is 5. The van der Waals surface area contributed by atoms with Crippen molar-refractivity contribution >= 4 is 28.3 Å². The lowest BCUT2D eigenvalue weighted by atomic mass is 10.1. The molecular weight excluding hydrogens is 344 g/mol. The van der Waals surface area contributed by atoms with Crippen LogP contribution in [0.4, 0.5) is 5.69 Å². The average Bonchev–Trinajstić information content (AvgIpc) is 2.67. The normalized spacial score (nSPS) is 11.4. The van der Waals surface area contributed by atoms with Crippen LogP contribution >= 0.6 is 0 Å². The number of aromatic hydroxyl groups is 1. The Morgan fingerprint density at radius 3 is 2.41 bits per heavy atom. The predicted octanol–water partition coefficient (Wildman–Crippen LogP) is 3.60. The molecule has 1 amide bonds. The number of benzene rings is 3. The molecule has 134 valence electrons. The third-order valence-electron chi connectivity index (χ3n) is 4.04. The number of carbonyl (C=O) groups is 2. The van der Waals surface area contributed by atoms with E-state index in [2.05, 4.69) is 5.32 Å². The standard InChI is InChI=1S/C21H16N2O4/c1-13(20(25)23-18-9-5-4-8-16(18)12-22)27-21(26)17-10-14-6-2-3-7-15(14)11-19(17)24/h2-11,13,24H,1H3,(H,23,25)/t13-/m1/s1. The van der Waals surface area contributed by atoms with E-state index in [1.165, 1.54) is 19.1 Å². The van der Waals surface area contributed by atoms with E-state index in [0.29, 0.717) is 11.3 Å². The highest BCUT2D eigenvalue weighted by Gasteiger charge is 2.22. The summed E-state index contributed by atoms with van der Waals surface area (Å²) in [5.41, 5.74) is 0.615. The molecular formula is C21H16N2O4. The Balaban J connectivity index is 1.74. The van der Waals surface area contributed by atoms with E-state index < -0.39 is 18.0 Å². The lowest BCUT2D eigenvalue weighted by molar-refractivity contribution is -0.123. The molecule has 0 aliphatic rings. The van der Waals surface area contributed by atoms with Crippen LogP contribution in [0.25, 0.3) is 10.8 Å². The Morgan fingerprint density at radius 2 is 1.70 bits per heavy atom. The molecule has 3 aromatic carbocycles. The van der Waals surface area contributed by atoms with E-state index >= 15 is 0 Å². The zero-order valence-corrected chi connectivity index (χ0v) is 14.5. The van der Waals surface area contributed by atoms with Gasteiger partial charge in [-0.05, 0) is 42.0 Å². The number of nitrogens with zero attached hydrogens (tertiary/aromatic N) is 1. The van der Waals surface area contributed by atoms with E-state index in [9.17, 15) is 14.7 Å². The van der Waals surface area contributed by atoms with Crippen LogP contribution in [-0.4, -0.2) is 23.1 Å². The number of phenols is 1. The average molecular weight is 360 g/mol. The summed E-state index contributed by atoms with van der Waals surface area (Å²) in [6.45, 7) is 1.42. The number of anilines is 1. The first kappa shape index (κ1) is 18.0. The first-order valence-electron chi connectivity index (χ1n) is 8.22. The molecule has 0 fully saturated rings. The van der Waals surface area contributed by atoms with Crippen LogP contribution in [0, 0.1) is 11.3 Å². The van der Waals surface area contributed by atoms with Gasteiger partial charge in [-0.25, -0.2) is 4.79 Å². The predicted molar refractivity (Wildman–Crippen MR) is 100 cm³/mol. The van der Waals surface area contributed by atoms with Gasteiger partial charge in [0.15, 0.2) is 6.10 Å². The number of nitriles is 1. The molecule has 0 heterocycles. The van der Waals surface area contributed by atoms with Gasteiger partial charge in [-0.2, -0.15) is 5.26 Å². The smallest absolute Gasteiger partial charge is 0.342 e. The highest BCUT2D eigenvalue weighted by atomic mass is 16.5. The van der Waals surface area contributed by atoms with Crippen molar-refractivity contribution in [3.63, 3.8) is 0 Å². The summed E-state index contributed by atoms with van der Waals surface area (Å²) in [7, 11) is 0. The second-order valence-corrected chi connectivity index (χ2v) is 5.91. The number of hydrogen-bond donors (Lipinski definition) is 2. The van der Waals surface area contributed by atoms with Crippen molar-refractivity contribution < 1.29 is 19.4 Å². The highest BCUT2D eigenvalue weighted by molar-refractivity contribution is 6.01. The van der Waals surface area contributed by atoms with Crippen LogP contribution in [0.5, 0.6) is 5.75 Å². The summed E-state index contributed by atoms with van der Waals surface area (Å²) in [5.74, 6) is -1.61. The van der Waals surface area contributed by atoms with Gasteiger partial charge in [0.25, 0.3) is 5.91 Å². The van der Waals surface area contributed by atoms with Crippen molar-refractivity contribution in [2.24, 2.45) is 0 Å². The Morgan fingerprint density at radius 1 is 1.07 bits per heavy atom. The van der Waals surface area contributed by atoms with Crippen molar-refractivity contribution in [3.8, 4) is 11.8 Å². The van der Waals surface area contributed by atoms with E-state index in [-0.39, 0.29) is 11.3 Å². The first-order chi connectivity index (χ1) is 13.0. The summed E-state index contributed by atoms with van der Waals surface area (Å²) < 4.78 is 5.18. The third-order valence-corrected chi connectivity index (χ3v) is 4.04. The van der Waals surface area contributed by atoms with E-state index in [4.69, 9.17) is 10.00 Å². The monoisotopic (exact) mass is 360 g/mol. The molecule has 0 aliphatic heterocycles. The molecule has 6 nitrogen and oxygen atoms in total. The fourth-order valence-corrected chi connectivity index (χ4v) is 2.59. The zero-order valence-electron chi connectivity index (χ0n) is 14.5. The minimum atomic E-state index is -1.12. The molecule has 1 atom stereocenters. The van der Waals surface area contributed by atoms with Gasteiger partial charge in [0.2, 0.25) is 0 Å². The van der Waals surface area contributed by atoms with Crippen LogP contribution in [0.1, 0.15) is 22.8 Å². The van der Waals surface area contributed by atoms with Crippen molar-refractivity contribution in [3.05, 3.63) is 71.8 Å². The SMILES string of the molecule is C[C@@H](OC(=O)c1cc2ccccc2cc1O)C(=O)Nc1ccccc1C#N. The number of nitrogens with one attached hydrogen (secondary N) is 1. The highest BCUT2D eigenvalue weighted by Crippen LogP contribution is 2.26. The lowest BCUT2D eigenvalue weighted by Crippen LogP contribution is -2.30. The second kappa shape index (κ2) is 7.58. The second-order valence-electron chi connectivity index (χ2n) is 5.91. The van der Waals surface area contributed by atoms with Crippen LogP contribution in [-0.2, 0) is 9.53 Å². The van der Waals surface area contributed by atoms with Crippen molar-refractivity contribution in [2.75, 3.05) is 5.32 Å². The van der Waals surface area contributed by atoms with Gasteiger partial charge in [-0.15, -0.1) is 0 Å². The number of para-hydroxylation sites is 1. The summed E-state index contributed by atoms with van der Waals surface area (Å²) in [5, 5.41) is 23.3. The Labute approximate surface area is 155 Å². The molecule has 27 heavy (non-hydrogen) atoms. The largest absolute Gasteiger partial charge is 0.507 e. The van der Waals surface area contributed by atoms with Gasteiger partial charge >= 0.3 is 5.97 Å². The van der Waals surface area contributed by atoms with E-state index in [0.717, 1.165) is 10.8 Å². The summed E-state index contributed by atoms with van der Waals surface area (Å²) in [4.78, 5) is 24.7. The molecule has 0 radical (unpaired) electrons. The summed E-state index contributed by atoms with van der Waals surface area (Å²) in [6.07, 6.45) is -1.12. The van der Waals surface area contributed by atoms with Gasteiger partial charge in [-0.3, -0.25) is 4.79 Å². The molecule has 0 spiro atoms. The number of carbonyl (C=O) groups excluding carboxylic acids is 2. The number of phenolic OH excluding ortho intramolecular Hbond substituents is 1. The number of esters is 1. The lowest BCUT2D eigenvalue weighted by Gasteiger charge is -2.15. The summed E-state index contributed by atoms with van der Waals surface area (Å²) in [6, 6.07) is 18.7. The topological polar surface area (TPSA) is 99.4 Å². The van der Waals surface area contributed by atoms with Crippen LogP contribution in [0.2, 0.25) is 0 Å². The quantitative estimate of drug-likeness (QED) is 0.693. The molecule has 0 saturated carbocycles. The fourth-order valence-electron chi connectivity index (χ4n) is 2.59. The van der Waals surface area contributed by atoms with E-state index in [1.54, 1.807) is 30.3 Å². The minimum Gasteiger partial charge on any atom is -0.507 e. The third kappa shape index (κ3) is 3.88. The maximum Gasteiger partial charge on any atom is 0.342 e. The van der Waals surface area contributed by atoms with E-state index in [1.807, 2.05) is 24.3 Å². The maximum atomic E-state index is 12.4. The molecule has 0 aliphatic carbocycles. The molecule has 3 aromatic rings. The molecule has 0 aromatic heterocycles. The van der Waals surface area contributed by atoms with Crippen LogP contribution < -0.4 is 5.32 Å². The van der Waals surface area contributed by atoms with Gasteiger partial charge in [0, 0.05) is 0 Å². The molecule has 2 N–H and O–H groups in total. The molecule has 3 rings (SSSR count). The number of fused-ring (bicyclic) bond motifs is 1. The zero-order chi connectivity index (χ0) is 19.4. The molecule has 6 heteroatoms. The number of amides is 1. The maximum absolute atomic E-state index is 12.4. The Kier molecular flexibility index (Phi) is 5.04. The fraction of sp³-hybridized carbons (Fsp3) is 0.0952.